The first-order chi connectivity index (χ1) is 8.22. The van der Waals surface area contributed by atoms with E-state index in [0.29, 0.717) is 0 Å². The maximum atomic E-state index is 10.4. The minimum absolute atomic E-state index is 0.217. The molecule has 1 aromatic carbocycles. The number of aliphatic hydroxyl groups excluding tert-OH is 1. The van der Waals surface area contributed by atoms with Gasteiger partial charge in [0.25, 0.3) is 0 Å². The van der Waals surface area contributed by atoms with Gasteiger partial charge in [-0.05, 0) is 31.4 Å². The van der Waals surface area contributed by atoms with Crippen LogP contribution in [0.2, 0.25) is 0 Å². The normalized spacial score (nSPS) is 24.8. The van der Waals surface area contributed by atoms with Gasteiger partial charge in [0.1, 0.15) is 0 Å². The third-order valence-corrected chi connectivity index (χ3v) is 4.07. The Morgan fingerprint density at radius 3 is 2.65 bits per heavy atom. The second-order valence-corrected chi connectivity index (χ2v) is 5.15. The highest BCUT2D eigenvalue weighted by Gasteiger charge is 2.29. The standard InChI is InChI=1S/C15H23NO/c1-3-13-9-10-16(11-13)12(2)15(17)14-7-5-4-6-8-14/h4-8,12-13,15,17H,3,9-11H2,1-2H3. The van der Waals surface area contributed by atoms with E-state index in [0.717, 1.165) is 24.6 Å². The molecule has 0 spiro atoms. The van der Waals surface area contributed by atoms with Crippen molar-refractivity contribution in [2.75, 3.05) is 13.1 Å². The number of benzene rings is 1. The van der Waals surface area contributed by atoms with Crippen LogP contribution in [0.4, 0.5) is 0 Å². The zero-order valence-corrected chi connectivity index (χ0v) is 10.8. The maximum absolute atomic E-state index is 10.4. The first-order valence-corrected chi connectivity index (χ1v) is 6.69. The molecule has 1 heterocycles. The number of hydrogen-bond donors (Lipinski definition) is 1. The van der Waals surface area contributed by atoms with Crippen LogP contribution >= 0.6 is 0 Å². The van der Waals surface area contributed by atoms with Crippen molar-refractivity contribution in [3.8, 4) is 0 Å². The van der Waals surface area contributed by atoms with Gasteiger partial charge in [-0.2, -0.15) is 0 Å². The lowest BCUT2D eigenvalue weighted by atomic mass is 10.0. The van der Waals surface area contributed by atoms with E-state index in [9.17, 15) is 5.11 Å². The van der Waals surface area contributed by atoms with Gasteiger partial charge in [-0.25, -0.2) is 0 Å². The Morgan fingerprint density at radius 1 is 1.35 bits per heavy atom. The molecule has 0 aliphatic carbocycles. The summed E-state index contributed by atoms with van der Waals surface area (Å²) in [5.41, 5.74) is 1.03. The fourth-order valence-corrected chi connectivity index (χ4v) is 2.69. The van der Waals surface area contributed by atoms with Crippen molar-refractivity contribution in [1.82, 2.24) is 4.90 Å². The lowest BCUT2D eigenvalue weighted by molar-refractivity contribution is 0.0693. The van der Waals surface area contributed by atoms with E-state index in [2.05, 4.69) is 18.7 Å². The molecule has 2 rings (SSSR count). The molecular formula is C15H23NO. The SMILES string of the molecule is CCC1CCN(C(C)C(O)c2ccccc2)C1. The zero-order valence-electron chi connectivity index (χ0n) is 10.8. The molecule has 94 valence electrons. The van der Waals surface area contributed by atoms with Crippen molar-refractivity contribution in [2.45, 2.75) is 38.8 Å². The van der Waals surface area contributed by atoms with Crippen molar-refractivity contribution < 1.29 is 5.11 Å². The summed E-state index contributed by atoms with van der Waals surface area (Å²) in [6, 6.07) is 10.2. The Morgan fingerprint density at radius 2 is 2.06 bits per heavy atom. The van der Waals surface area contributed by atoms with Gasteiger partial charge in [-0.1, -0.05) is 43.7 Å². The third-order valence-electron chi connectivity index (χ3n) is 4.07. The molecule has 1 saturated heterocycles. The maximum Gasteiger partial charge on any atom is 0.0942 e. The summed E-state index contributed by atoms with van der Waals surface area (Å²) >= 11 is 0. The minimum Gasteiger partial charge on any atom is -0.387 e. The number of likely N-dealkylation sites (tertiary alicyclic amines) is 1. The van der Waals surface area contributed by atoms with Crippen LogP contribution in [-0.4, -0.2) is 29.1 Å². The smallest absolute Gasteiger partial charge is 0.0942 e. The van der Waals surface area contributed by atoms with E-state index in [4.69, 9.17) is 0 Å². The van der Waals surface area contributed by atoms with Crippen LogP contribution < -0.4 is 0 Å². The number of aliphatic hydroxyl groups is 1. The molecule has 3 unspecified atom stereocenters. The van der Waals surface area contributed by atoms with E-state index in [-0.39, 0.29) is 12.1 Å². The Bertz CT molecular complexity index is 338. The second kappa shape index (κ2) is 5.65. The topological polar surface area (TPSA) is 23.5 Å². The molecule has 1 aliphatic heterocycles. The Balaban J connectivity index is 1.98. The minimum atomic E-state index is -0.369. The van der Waals surface area contributed by atoms with Gasteiger partial charge < -0.3 is 5.11 Å². The van der Waals surface area contributed by atoms with Crippen LogP contribution in [0, 0.1) is 5.92 Å². The highest BCUT2D eigenvalue weighted by molar-refractivity contribution is 5.18. The predicted molar refractivity (Wildman–Crippen MR) is 70.8 cm³/mol. The second-order valence-electron chi connectivity index (χ2n) is 5.15. The van der Waals surface area contributed by atoms with E-state index < -0.39 is 0 Å². The Hall–Kier alpha value is -0.860. The Kier molecular flexibility index (Phi) is 4.19. The summed E-state index contributed by atoms with van der Waals surface area (Å²) in [7, 11) is 0. The summed E-state index contributed by atoms with van der Waals surface area (Å²) in [6.45, 7) is 6.66. The van der Waals surface area contributed by atoms with Gasteiger partial charge in [0, 0.05) is 12.6 Å². The summed E-state index contributed by atoms with van der Waals surface area (Å²) in [5, 5.41) is 10.4. The summed E-state index contributed by atoms with van der Waals surface area (Å²) < 4.78 is 0. The molecular weight excluding hydrogens is 210 g/mol. The molecule has 1 aliphatic rings. The van der Waals surface area contributed by atoms with Crippen molar-refractivity contribution in [1.29, 1.82) is 0 Å². The number of rotatable bonds is 4. The number of nitrogens with zero attached hydrogens (tertiary/aromatic N) is 1. The van der Waals surface area contributed by atoms with Crippen molar-refractivity contribution >= 4 is 0 Å². The van der Waals surface area contributed by atoms with Crippen LogP contribution in [-0.2, 0) is 0 Å². The fourth-order valence-electron chi connectivity index (χ4n) is 2.69. The fraction of sp³-hybridized carbons (Fsp3) is 0.600. The van der Waals surface area contributed by atoms with Crippen LogP contribution in [0.3, 0.4) is 0 Å². The van der Waals surface area contributed by atoms with Crippen LogP contribution in [0.1, 0.15) is 38.4 Å². The molecule has 2 heteroatoms. The van der Waals surface area contributed by atoms with Gasteiger partial charge in [-0.15, -0.1) is 0 Å². The van der Waals surface area contributed by atoms with Crippen LogP contribution in [0.25, 0.3) is 0 Å². The van der Waals surface area contributed by atoms with E-state index in [1.165, 1.54) is 12.8 Å². The molecule has 0 bridgehead atoms. The first kappa shape index (κ1) is 12.6. The van der Waals surface area contributed by atoms with Gasteiger partial charge in [0.05, 0.1) is 6.10 Å². The van der Waals surface area contributed by atoms with E-state index >= 15 is 0 Å². The lowest BCUT2D eigenvalue weighted by Gasteiger charge is -2.29. The zero-order chi connectivity index (χ0) is 12.3. The molecule has 3 atom stereocenters. The highest BCUT2D eigenvalue weighted by atomic mass is 16.3. The largest absolute Gasteiger partial charge is 0.387 e. The third kappa shape index (κ3) is 2.88. The average Bonchev–Trinajstić information content (AvgIpc) is 2.87. The molecule has 0 saturated carbocycles. The van der Waals surface area contributed by atoms with Gasteiger partial charge >= 0.3 is 0 Å². The predicted octanol–water partition coefficient (Wildman–Crippen LogP) is 2.84. The summed E-state index contributed by atoms with van der Waals surface area (Å²) in [4.78, 5) is 2.42. The average molecular weight is 233 g/mol. The lowest BCUT2D eigenvalue weighted by Crippen LogP contribution is -2.35. The quantitative estimate of drug-likeness (QED) is 0.864. The molecule has 2 nitrogen and oxygen atoms in total. The molecule has 17 heavy (non-hydrogen) atoms. The summed E-state index contributed by atoms with van der Waals surface area (Å²) in [6.07, 6.45) is 2.17. The van der Waals surface area contributed by atoms with Crippen molar-refractivity contribution in [3.63, 3.8) is 0 Å². The molecule has 1 aromatic rings. The number of hydrogen-bond acceptors (Lipinski definition) is 2. The van der Waals surface area contributed by atoms with Crippen molar-refractivity contribution in [2.24, 2.45) is 5.92 Å². The van der Waals surface area contributed by atoms with Gasteiger partial charge in [0.2, 0.25) is 0 Å². The Labute approximate surface area is 104 Å². The van der Waals surface area contributed by atoms with Gasteiger partial charge in [0.15, 0.2) is 0 Å². The molecule has 0 radical (unpaired) electrons. The highest BCUT2D eigenvalue weighted by Crippen LogP contribution is 2.27. The van der Waals surface area contributed by atoms with Crippen LogP contribution in [0.15, 0.2) is 30.3 Å². The molecule has 0 aromatic heterocycles. The van der Waals surface area contributed by atoms with Crippen LogP contribution in [0.5, 0.6) is 0 Å². The first-order valence-electron chi connectivity index (χ1n) is 6.69. The van der Waals surface area contributed by atoms with E-state index in [1.54, 1.807) is 0 Å². The van der Waals surface area contributed by atoms with Gasteiger partial charge in [-0.3, -0.25) is 4.90 Å². The molecule has 1 N–H and O–H groups in total. The summed E-state index contributed by atoms with van der Waals surface area (Å²) in [5.74, 6) is 0.820. The van der Waals surface area contributed by atoms with E-state index in [1.807, 2.05) is 30.3 Å². The monoisotopic (exact) mass is 233 g/mol. The van der Waals surface area contributed by atoms with Crippen molar-refractivity contribution in [3.05, 3.63) is 35.9 Å². The molecule has 1 fully saturated rings. The molecule has 0 amide bonds.